The predicted octanol–water partition coefficient (Wildman–Crippen LogP) is 2.09. The largest absolute Gasteiger partial charge is 0.337 e. The Hall–Kier alpha value is -2.84. The molecule has 1 aliphatic rings. The molecule has 0 radical (unpaired) electrons. The van der Waals surface area contributed by atoms with Crippen LogP contribution in [0, 0.1) is 18.6 Å². The molecule has 1 aliphatic heterocycles. The fourth-order valence-electron chi connectivity index (χ4n) is 3.05. The van der Waals surface area contributed by atoms with Crippen LogP contribution < -0.4 is 0 Å². The van der Waals surface area contributed by atoms with Crippen LogP contribution in [0.3, 0.4) is 0 Å². The van der Waals surface area contributed by atoms with Crippen molar-refractivity contribution >= 4 is 11.8 Å². The minimum Gasteiger partial charge on any atom is -0.337 e. The van der Waals surface area contributed by atoms with E-state index in [1.54, 1.807) is 11.8 Å². The molecular formula is C17H18F2N4O3. The number of benzene rings is 1. The van der Waals surface area contributed by atoms with Crippen LogP contribution in [0.4, 0.5) is 8.78 Å². The van der Waals surface area contributed by atoms with Gasteiger partial charge in [-0.15, -0.1) is 0 Å². The molecule has 26 heavy (non-hydrogen) atoms. The third-order valence-corrected chi connectivity index (χ3v) is 4.34. The molecule has 2 aromatic rings. The average molecular weight is 364 g/mol. The van der Waals surface area contributed by atoms with Crippen LogP contribution in [0.2, 0.25) is 0 Å². The van der Waals surface area contributed by atoms with Crippen LogP contribution in [-0.2, 0) is 4.79 Å². The maximum Gasteiger partial charge on any atom is 0.256 e. The minimum absolute atomic E-state index is 0.187. The molecular weight excluding hydrogens is 346 g/mol. The van der Waals surface area contributed by atoms with Gasteiger partial charge in [-0.3, -0.25) is 9.59 Å². The molecule has 3 rings (SSSR count). The molecule has 9 heteroatoms. The van der Waals surface area contributed by atoms with Crippen molar-refractivity contribution in [3.63, 3.8) is 0 Å². The molecule has 138 valence electrons. The van der Waals surface area contributed by atoms with Gasteiger partial charge < -0.3 is 14.3 Å². The Morgan fingerprint density at radius 3 is 2.62 bits per heavy atom. The maximum atomic E-state index is 13.9. The van der Waals surface area contributed by atoms with Gasteiger partial charge in [0.1, 0.15) is 17.7 Å². The van der Waals surface area contributed by atoms with Gasteiger partial charge in [0.25, 0.3) is 5.91 Å². The van der Waals surface area contributed by atoms with Gasteiger partial charge >= 0.3 is 0 Å². The van der Waals surface area contributed by atoms with Gasteiger partial charge in [0, 0.05) is 32.6 Å². The SMILES string of the molecule is CC(=O)N1CCN(C(=O)c2ccc(F)cc2F)CCC1c1nc(C)no1. The van der Waals surface area contributed by atoms with Crippen LogP contribution in [0.1, 0.15) is 41.5 Å². The Labute approximate surface area is 148 Å². The lowest BCUT2D eigenvalue weighted by atomic mass is 10.1. The van der Waals surface area contributed by atoms with Gasteiger partial charge in [-0.2, -0.15) is 4.98 Å². The van der Waals surface area contributed by atoms with E-state index in [1.807, 2.05) is 0 Å². The van der Waals surface area contributed by atoms with Crippen molar-refractivity contribution in [2.45, 2.75) is 26.3 Å². The lowest BCUT2D eigenvalue weighted by Crippen LogP contribution is -2.37. The highest BCUT2D eigenvalue weighted by molar-refractivity contribution is 5.94. The number of carbonyl (C=O) groups excluding carboxylic acids is 2. The zero-order chi connectivity index (χ0) is 18.8. The van der Waals surface area contributed by atoms with E-state index in [9.17, 15) is 18.4 Å². The molecule has 0 spiro atoms. The van der Waals surface area contributed by atoms with E-state index < -0.39 is 23.6 Å². The Balaban J connectivity index is 1.82. The van der Waals surface area contributed by atoms with E-state index in [4.69, 9.17) is 4.52 Å². The number of nitrogens with zero attached hydrogens (tertiary/aromatic N) is 4. The number of amides is 2. The van der Waals surface area contributed by atoms with Gasteiger partial charge in [-0.05, 0) is 25.5 Å². The Kier molecular flexibility index (Phi) is 4.97. The highest BCUT2D eigenvalue weighted by Gasteiger charge is 2.33. The van der Waals surface area contributed by atoms with Gasteiger partial charge in [0.15, 0.2) is 5.82 Å². The molecule has 2 amide bonds. The highest BCUT2D eigenvalue weighted by atomic mass is 19.1. The number of aromatic nitrogens is 2. The van der Waals surface area contributed by atoms with Crippen LogP contribution in [-0.4, -0.2) is 51.4 Å². The Morgan fingerprint density at radius 1 is 1.23 bits per heavy atom. The molecule has 1 fully saturated rings. The lowest BCUT2D eigenvalue weighted by molar-refractivity contribution is -0.131. The number of aryl methyl sites for hydroxylation is 1. The average Bonchev–Trinajstić information content (AvgIpc) is 2.88. The van der Waals surface area contributed by atoms with Gasteiger partial charge in [0.2, 0.25) is 11.8 Å². The third-order valence-electron chi connectivity index (χ3n) is 4.34. The molecule has 0 bridgehead atoms. The zero-order valence-electron chi connectivity index (χ0n) is 14.4. The summed E-state index contributed by atoms with van der Waals surface area (Å²) in [5, 5.41) is 3.75. The van der Waals surface area contributed by atoms with E-state index in [0.717, 1.165) is 12.1 Å². The summed E-state index contributed by atoms with van der Waals surface area (Å²) in [6.45, 7) is 3.84. The molecule has 7 nitrogen and oxygen atoms in total. The summed E-state index contributed by atoms with van der Waals surface area (Å²) in [6, 6.07) is 2.39. The molecule has 2 heterocycles. The van der Waals surface area contributed by atoms with Crippen molar-refractivity contribution in [3.8, 4) is 0 Å². The van der Waals surface area contributed by atoms with E-state index in [0.29, 0.717) is 24.2 Å². The zero-order valence-corrected chi connectivity index (χ0v) is 14.4. The fraction of sp³-hybridized carbons (Fsp3) is 0.412. The molecule has 1 atom stereocenters. The van der Waals surface area contributed by atoms with Gasteiger partial charge in [-0.1, -0.05) is 5.16 Å². The molecule has 1 aromatic carbocycles. The molecule has 1 aromatic heterocycles. The lowest BCUT2D eigenvalue weighted by Gasteiger charge is -2.25. The fourth-order valence-corrected chi connectivity index (χ4v) is 3.05. The quantitative estimate of drug-likeness (QED) is 0.815. The summed E-state index contributed by atoms with van der Waals surface area (Å²) in [5.74, 6) is -1.63. The van der Waals surface area contributed by atoms with Crippen molar-refractivity contribution in [3.05, 3.63) is 47.1 Å². The second kappa shape index (κ2) is 7.19. The van der Waals surface area contributed by atoms with Gasteiger partial charge in [0.05, 0.1) is 5.56 Å². The van der Waals surface area contributed by atoms with Crippen molar-refractivity contribution in [2.75, 3.05) is 19.6 Å². The number of rotatable bonds is 2. The first-order chi connectivity index (χ1) is 12.4. The van der Waals surface area contributed by atoms with Crippen LogP contribution >= 0.6 is 0 Å². The second-order valence-electron chi connectivity index (χ2n) is 6.11. The summed E-state index contributed by atoms with van der Waals surface area (Å²) in [4.78, 5) is 31.8. The third kappa shape index (κ3) is 3.56. The van der Waals surface area contributed by atoms with Crippen molar-refractivity contribution in [1.82, 2.24) is 19.9 Å². The summed E-state index contributed by atoms with van der Waals surface area (Å²) in [5.41, 5.74) is -0.201. The number of halogens is 2. The van der Waals surface area contributed by atoms with E-state index in [2.05, 4.69) is 10.1 Å². The van der Waals surface area contributed by atoms with E-state index in [-0.39, 0.29) is 31.1 Å². The van der Waals surface area contributed by atoms with Crippen LogP contribution in [0.5, 0.6) is 0 Å². The monoisotopic (exact) mass is 364 g/mol. The van der Waals surface area contributed by atoms with Gasteiger partial charge in [-0.25, -0.2) is 8.78 Å². The molecule has 0 aliphatic carbocycles. The molecule has 0 saturated carbocycles. The highest BCUT2D eigenvalue weighted by Crippen LogP contribution is 2.26. The number of hydrogen-bond acceptors (Lipinski definition) is 5. The van der Waals surface area contributed by atoms with E-state index >= 15 is 0 Å². The molecule has 1 unspecified atom stereocenters. The first kappa shape index (κ1) is 18.0. The summed E-state index contributed by atoms with van der Waals surface area (Å²) in [7, 11) is 0. The van der Waals surface area contributed by atoms with Crippen molar-refractivity contribution in [1.29, 1.82) is 0 Å². The summed E-state index contributed by atoms with van der Waals surface area (Å²) < 4.78 is 32.2. The predicted molar refractivity (Wildman–Crippen MR) is 86.0 cm³/mol. The van der Waals surface area contributed by atoms with Crippen LogP contribution in [0.25, 0.3) is 0 Å². The van der Waals surface area contributed by atoms with Crippen LogP contribution in [0.15, 0.2) is 22.7 Å². The van der Waals surface area contributed by atoms with E-state index in [1.165, 1.54) is 11.8 Å². The topological polar surface area (TPSA) is 79.5 Å². The van der Waals surface area contributed by atoms with Crippen molar-refractivity contribution in [2.24, 2.45) is 0 Å². The standard InChI is InChI=1S/C17H18F2N4O3/c1-10-20-16(26-21-10)15-5-6-22(7-8-23(15)11(2)24)17(25)13-4-3-12(18)9-14(13)19/h3-4,9,15H,5-8H2,1-2H3. The maximum absolute atomic E-state index is 13.9. The molecule has 1 saturated heterocycles. The first-order valence-corrected chi connectivity index (χ1v) is 8.18. The summed E-state index contributed by atoms with van der Waals surface area (Å²) in [6.07, 6.45) is 0.371. The first-order valence-electron chi connectivity index (χ1n) is 8.18. The summed E-state index contributed by atoms with van der Waals surface area (Å²) >= 11 is 0. The second-order valence-corrected chi connectivity index (χ2v) is 6.11. The normalized spacial score (nSPS) is 17.9. The number of carbonyl (C=O) groups is 2. The smallest absolute Gasteiger partial charge is 0.256 e. The van der Waals surface area contributed by atoms with Crippen molar-refractivity contribution < 1.29 is 22.9 Å². The number of hydrogen-bond donors (Lipinski definition) is 0. The Morgan fingerprint density at radius 2 is 2.00 bits per heavy atom. The molecule has 0 N–H and O–H groups in total. The Bertz CT molecular complexity index is 839. The minimum atomic E-state index is -0.910.